The number of aromatic hydroxyl groups is 1. The Morgan fingerprint density at radius 1 is 1.30 bits per heavy atom. The summed E-state index contributed by atoms with van der Waals surface area (Å²) in [5.41, 5.74) is 5.22. The van der Waals surface area contributed by atoms with Crippen LogP contribution in [0, 0.1) is 0 Å². The van der Waals surface area contributed by atoms with Gasteiger partial charge in [-0.1, -0.05) is 18.2 Å². The number of hydrogen-bond donors (Lipinski definition) is 4. The number of carbonyl (C=O) groups excluding carboxylic acids is 1. The summed E-state index contributed by atoms with van der Waals surface area (Å²) in [4.78, 5) is 26.4. The summed E-state index contributed by atoms with van der Waals surface area (Å²) in [6.07, 6.45) is 1.75. The highest BCUT2D eigenvalue weighted by atomic mass is 16.3. The molecule has 6 heteroatoms. The standard InChI is InChI=1S/C14H15N3O3/c1-3-8(2)16-17-14(20)11-12(18)9-6-4-5-7-10(9)15-13(11)19/h3-7,16H,1-2H3,(H,17,20)(H2,15,18,19). The second-order valence-electron chi connectivity index (χ2n) is 4.27. The lowest BCUT2D eigenvalue weighted by Gasteiger charge is -2.10. The van der Waals surface area contributed by atoms with Crippen LogP contribution in [0.4, 0.5) is 0 Å². The van der Waals surface area contributed by atoms with Crippen LogP contribution in [-0.2, 0) is 0 Å². The van der Waals surface area contributed by atoms with E-state index in [9.17, 15) is 14.7 Å². The van der Waals surface area contributed by atoms with Gasteiger partial charge in [0.1, 0.15) is 11.3 Å². The van der Waals surface area contributed by atoms with Crippen molar-refractivity contribution in [2.45, 2.75) is 13.8 Å². The molecule has 1 aromatic carbocycles. The number of hydrogen-bond acceptors (Lipinski definition) is 4. The number of carbonyl (C=O) groups is 1. The van der Waals surface area contributed by atoms with Gasteiger partial charge in [0, 0.05) is 11.1 Å². The molecule has 0 aliphatic heterocycles. The molecule has 0 spiro atoms. The van der Waals surface area contributed by atoms with Gasteiger partial charge in [-0.05, 0) is 26.0 Å². The molecule has 0 fully saturated rings. The van der Waals surface area contributed by atoms with Crippen molar-refractivity contribution in [2.24, 2.45) is 0 Å². The minimum Gasteiger partial charge on any atom is -0.506 e. The first kappa shape index (κ1) is 13.7. The van der Waals surface area contributed by atoms with Crippen molar-refractivity contribution in [1.29, 1.82) is 0 Å². The van der Waals surface area contributed by atoms with E-state index >= 15 is 0 Å². The van der Waals surface area contributed by atoms with Crippen molar-refractivity contribution < 1.29 is 9.90 Å². The molecule has 2 aromatic rings. The maximum Gasteiger partial charge on any atom is 0.279 e. The number of para-hydroxylation sites is 1. The number of aromatic nitrogens is 1. The molecule has 1 amide bonds. The van der Waals surface area contributed by atoms with Gasteiger partial charge in [-0.3, -0.25) is 15.0 Å². The van der Waals surface area contributed by atoms with Gasteiger partial charge in [-0.15, -0.1) is 0 Å². The Balaban J connectivity index is 2.44. The smallest absolute Gasteiger partial charge is 0.279 e. The van der Waals surface area contributed by atoms with E-state index in [1.807, 2.05) is 0 Å². The van der Waals surface area contributed by atoms with Crippen molar-refractivity contribution in [3.8, 4) is 5.75 Å². The summed E-state index contributed by atoms with van der Waals surface area (Å²) in [5.74, 6) is -1.03. The number of fused-ring (bicyclic) bond motifs is 1. The van der Waals surface area contributed by atoms with Crippen molar-refractivity contribution in [1.82, 2.24) is 15.8 Å². The zero-order valence-electron chi connectivity index (χ0n) is 11.2. The number of rotatable bonds is 3. The topological polar surface area (TPSA) is 94.2 Å². The Hall–Kier alpha value is -2.76. The third-order valence-electron chi connectivity index (χ3n) is 2.93. The number of allylic oxidation sites excluding steroid dienone is 2. The molecule has 20 heavy (non-hydrogen) atoms. The van der Waals surface area contributed by atoms with Crippen LogP contribution < -0.4 is 16.4 Å². The Kier molecular flexibility index (Phi) is 3.74. The monoisotopic (exact) mass is 273 g/mol. The van der Waals surface area contributed by atoms with Crippen molar-refractivity contribution in [3.63, 3.8) is 0 Å². The van der Waals surface area contributed by atoms with Gasteiger partial charge in [0.2, 0.25) is 0 Å². The fourth-order valence-corrected chi connectivity index (χ4v) is 1.73. The highest BCUT2D eigenvalue weighted by Crippen LogP contribution is 2.24. The van der Waals surface area contributed by atoms with E-state index in [-0.39, 0.29) is 11.3 Å². The highest BCUT2D eigenvalue weighted by molar-refractivity contribution is 6.01. The average Bonchev–Trinajstić information content (AvgIpc) is 2.44. The minimum absolute atomic E-state index is 0.319. The van der Waals surface area contributed by atoms with Crippen LogP contribution in [0.3, 0.4) is 0 Å². The van der Waals surface area contributed by atoms with E-state index in [1.165, 1.54) is 0 Å². The maximum absolute atomic E-state index is 12.0. The van der Waals surface area contributed by atoms with Crippen LogP contribution in [0.2, 0.25) is 0 Å². The second kappa shape index (κ2) is 5.48. The Bertz CT molecular complexity index is 747. The van der Waals surface area contributed by atoms with Gasteiger partial charge in [-0.2, -0.15) is 0 Å². The summed E-state index contributed by atoms with van der Waals surface area (Å²) < 4.78 is 0. The van der Waals surface area contributed by atoms with E-state index in [0.29, 0.717) is 10.9 Å². The van der Waals surface area contributed by atoms with E-state index in [1.54, 1.807) is 44.2 Å². The molecule has 0 saturated heterocycles. The SMILES string of the molecule is CC=C(C)NNC(=O)c1c(O)c2ccccc2[nH]c1=O. The number of amides is 1. The summed E-state index contributed by atoms with van der Waals surface area (Å²) in [6.45, 7) is 3.56. The normalized spacial score (nSPS) is 11.4. The number of hydrazine groups is 1. The number of H-pyrrole nitrogens is 1. The molecular weight excluding hydrogens is 258 g/mol. The molecule has 1 aromatic heterocycles. The van der Waals surface area contributed by atoms with E-state index < -0.39 is 11.5 Å². The third kappa shape index (κ3) is 2.49. The molecule has 1 heterocycles. The lowest BCUT2D eigenvalue weighted by atomic mass is 10.1. The molecule has 0 aliphatic carbocycles. The first-order valence-electron chi connectivity index (χ1n) is 6.08. The molecule has 0 radical (unpaired) electrons. The maximum atomic E-state index is 12.0. The first-order valence-corrected chi connectivity index (χ1v) is 6.08. The van der Waals surface area contributed by atoms with Crippen LogP contribution in [0.1, 0.15) is 24.2 Å². The predicted molar refractivity (Wildman–Crippen MR) is 76.3 cm³/mol. The van der Waals surface area contributed by atoms with E-state index in [4.69, 9.17) is 0 Å². The lowest BCUT2D eigenvalue weighted by molar-refractivity contribution is 0.0935. The molecule has 0 atom stereocenters. The Morgan fingerprint density at radius 2 is 2.00 bits per heavy atom. The molecule has 2 rings (SSSR count). The van der Waals surface area contributed by atoms with Gasteiger partial charge in [-0.25, -0.2) is 0 Å². The molecule has 0 saturated carbocycles. The van der Waals surface area contributed by atoms with E-state index in [0.717, 1.165) is 5.70 Å². The van der Waals surface area contributed by atoms with Gasteiger partial charge >= 0.3 is 0 Å². The highest BCUT2D eigenvalue weighted by Gasteiger charge is 2.18. The largest absolute Gasteiger partial charge is 0.506 e. The predicted octanol–water partition coefficient (Wildman–Crippen LogP) is 1.39. The summed E-state index contributed by atoms with van der Waals surface area (Å²) in [6, 6.07) is 6.72. The number of benzene rings is 1. The number of aromatic amines is 1. The van der Waals surface area contributed by atoms with Crippen LogP contribution in [0.5, 0.6) is 5.75 Å². The average molecular weight is 273 g/mol. The van der Waals surface area contributed by atoms with Crippen LogP contribution >= 0.6 is 0 Å². The number of pyridine rings is 1. The lowest BCUT2D eigenvalue weighted by Crippen LogP contribution is -2.38. The Morgan fingerprint density at radius 3 is 2.70 bits per heavy atom. The van der Waals surface area contributed by atoms with Gasteiger partial charge < -0.3 is 15.5 Å². The zero-order valence-corrected chi connectivity index (χ0v) is 11.2. The fraction of sp³-hybridized carbons (Fsp3) is 0.143. The quantitative estimate of drug-likeness (QED) is 0.636. The van der Waals surface area contributed by atoms with Gasteiger partial charge in [0.05, 0.1) is 5.52 Å². The van der Waals surface area contributed by atoms with Crippen LogP contribution in [-0.4, -0.2) is 16.0 Å². The minimum atomic E-state index is -0.698. The van der Waals surface area contributed by atoms with Gasteiger partial charge in [0.15, 0.2) is 0 Å². The van der Waals surface area contributed by atoms with Gasteiger partial charge in [0.25, 0.3) is 11.5 Å². The van der Waals surface area contributed by atoms with Crippen LogP contribution in [0.25, 0.3) is 10.9 Å². The zero-order chi connectivity index (χ0) is 14.7. The van der Waals surface area contributed by atoms with Crippen molar-refractivity contribution >= 4 is 16.8 Å². The second-order valence-corrected chi connectivity index (χ2v) is 4.27. The molecule has 0 bridgehead atoms. The molecule has 104 valence electrons. The summed E-state index contributed by atoms with van der Waals surface area (Å²) in [5, 5.41) is 10.5. The first-order chi connectivity index (χ1) is 9.54. The molecule has 0 unspecified atom stereocenters. The third-order valence-corrected chi connectivity index (χ3v) is 2.93. The summed E-state index contributed by atoms with van der Waals surface area (Å²) >= 11 is 0. The Labute approximate surface area is 115 Å². The van der Waals surface area contributed by atoms with Crippen molar-refractivity contribution in [2.75, 3.05) is 0 Å². The van der Waals surface area contributed by atoms with Crippen molar-refractivity contribution in [3.05, 3.63) is 52.0 Å². The molecule has 6 nitrogen and oxygen atoms in total. The summed E-state index contributed by atoms with van der Waals surface area (Å²) in [7, 11) is 0. The molecule has 4 N–H and O–H groups in total. The molecular formula is C14H15N3O3. The van der Waals surface area contributed by atoms with Crippen LogP contribution in [0.15, 0.2) is 40.8 Å². The number of nitrogens with one attached hydrogen (secondary N) is 3. The van der Waals surface area contributed by atoms with E-state index in [2.05, 4.69) is 15.8 Å². The molecule has 0 aliphatic rings. The fourth-order valence-electron chi connectivity index (χ4n) is 1.73.